The molecule has 0 aromatic heterocycles. The van der Waals surface area contributed by atoms with Gasteiger partial charge in [-0.2, -0.15) is 0 Å². The number of esters is 1. The molecule has 0 radical (unpaired) electrons. The molecular weight excluding hydrogens is 595 g/mol. The Morgan fingerprint density at radius 3 is 2.40 bits per heavy atom. The highest BCUT2D eigenvalue weighted by Gasteiger charge is 2.29. The largest absolute Gasteiger partial charge is 0.464 e. The average molecular weight is 626 g/mol. The standard InChI is InChI=1S/C32H30Cl2N2O5S/c1-2-3-15-41-31(37)21-36(42(39,40)28-18-25(33)17-26(34)19-28)27-11-12-29-23(16-27)9-6-10-30(29)32(38)35-14-13-22-7-4-5-8-24(22)20-35/h4-12,16-19H,2-3,13-15,20-21H2,1H3. The third-order valence-corrected chi connectivity index (χ3v) is 9.45. The van der Waals surface area contributed by atoms with Gasteiger partial charge in [-0.15, -0.1) is 0 Å². The molecule has 0 atom stereocenters. The van der Waals surface area contributed by atoms with Crippen LogP contribution in [0.1, 0.15) is 41.3 Å². The number of hydrogen-bond acceptors (Lipinski definition) is 5. The number of ether oxygens (including phenoxy) is 1. The molecule has 0 saturated heterocycles. The van der Waals surface area contributed by atoms with Crippen LogP contribution in [0.15, 0.2) is 83.8 Å². The Labute approximate surface area is 255 Å². The zero-order valence-corrected chi connectivity index (χ0v) is 25.4. The number of nitrogens with zero attached hydrogens (tertiary/aromatic N) is 2. The molecule has 10 heteroatoms. The van der Waals surface area contributed by atoms with Crippen molar-refractivity contribution in [2.45, 2.75) is 37.6 Å². The normalized spacial score (nSPS) is 13.1. The third-order valence-electron chi connectivity index (χ3n) is 7.26. The van der Waals surface area contributed by atoms with E-state index in [4.69, 9.17) is 27.9 Å². The molecule has 7 nitrogen and oxygen atoms in total. The number of benzene rings is 4. The molecule has 0 N–H and O–H groups in total. The van der Waals surface area contributed by atoms with Crippen LogP contribution in [-0.2, 0) is 32.5 Å². The predicted octanol–water partition coefficient (Wildman–Crippen LogP) is 6.88. The minimum atomic E-state index is -4.28. The quantitative estimate of drug-likeness (QED) is 0.150. The van der Waals surface area contributed by atoms with Crippen LogP contribution in [0.4, 0.5) is 5.69 Å². The molecule has 1 aliphatic rings. The number of fused-ring (bicyclic) bond motifs is 2. The van der Waals surface area contributed by atoms with Crippen molar-refractivity contribution in [3.05, 3.63) is 106 Å². The molecule has 4 aromatic carbocycles. The molecule has 0 bridgehead atoms. The van der Waals surface area contributed by atoms with Crippen molar-refractivity contribution in [2.75, 3.05) is 24.0 Å². The Kier molecular flexibility index (Phi) is 9.06. The van der Waals surface area contributed by atoms with E-state index in [1.807, 2.05) is 36.1 Å². The Balaban J connectivity index is 1.50. The maximum Gasteiger partial charge on any atom is 0.326 e. The summed E-state index contributed by atoms with van der Waals surface area (Å²) in [4.78, 5) is 28.1. The summed E-state index contributed by atoms with van der Waals surface area (Å²) in [6, 6.07) is 22.4. The number of carbonyl (C=O) groups is 2. The molecule has 1 heterocycles. The Bertz CT molecular complexity index is 1740. The van der Waals surface area contributed by atoms with E-state index >= 15 is 0 Å². The van der Waals surface area contributed by atoms with Gasteiger partial charge in [0.15, 0.2) is 0 Å². The van der Waals surface area contributed by atoms with E-state index in [0.717, 1.165) is 22.7 Å². The summed E-state index contributed by atoms with van der Waals surface area (Å²) in [6.45, 7) is 2.74. The minimum absolute atomic E-state index is 0.0969. The summed E-state index contributed by atoms with van der Waals surface area (Å²) >= 11 is 12.2. The molecule has 0 spiro atoms. The van der Waals surface area contributed by atoms with Crippen molar-refractivity contribution in [1.82, 2.24) is 4.90 Å². The monoisotopic (exact) mass is 624 g/mol. The lowest BCUT2D eigenvalue weighted by atomic mass is 9.98. The van der Waals surface area contributed by atoms with Gasteiger partial charge in [-0.1, -0.05) is 79.0 Å². The highest BCUT2D eigenvalue weighted by molar-refractivity contribution is 7.92. The third kappa shape index (κ3) is 6.41. The van der Waals surface area contributed by atoms with E-state index in [1.165, 1.54) is 23.8 Å². The van der Waals surface area contributed by atoms with Gasteiger partial charge in [-0.3, -0.25) is 13.9 Å². The number of unbranched alkanes of at least 4 members (excludes halogenated alkanes) is 1. The molecule has 5 rings (SSSR count). The van der Waals surface area contributed by atoms with E-state index in [1.54, 1.807) is 30.3 Å². The van der Waals surface area contributed by atoms with Crippen molar-refractivity contribution in [3.63, 3.8) is 0 Å². The molecule has 0 fully saturated rings. The van der Waals surface area contributed by atoms with E-state index < -0.39 is 22.5 Å². The maximum atomic E-state index is 13.9. The number of halogens is 2. The van der Waals surface area contributed by atoms with Crippen LogP contribution in [0.3, 0.4) is 0 Å². The second-order valence-corrected chi connectivity index (χ2v) is 12.9. The van der Waals surface area contributed by atoms with E-state index in [-0.39, 0.29) is 33.1 Å². The number of amides is 1. The molecule has 42 heavy (non-hydrogen) atoms. The van der Waals surface area contributed by atoms with Gasteiger partial charge in [0.05, 0.1) is 17.2 Å². The molecule has 4 aromatic rings. The Morgan fingerprint density at radius 2 is 1.67 bits per heavy atom. The summed E-state index contributed by atoms with van der Waals surface area (Å²) in [5.41, 5.74) is 3.14. The summed E-state index contributed by atoms with van der Waals surface area (Å²) in [5, 5.41) is 1.63. The van der Waals surface area contributed by atoms with Crippen molar-refractivity contribution in [1.29, 1.82) is 0 Å². The number of sulfonamides is 1. The first-order valence-electron chi connectivity index (χ1n) is 13.7. The fourth-order valence-corrected chi connectivity index (χ4v) is 7.19. The van der Waals surface area contributed by atoms with Crippen LogP contribution < -0.4 is 4.31 Å². The molecule has 1 aliphatic heterocycles. The second-order valence-electron chi connectivity index (χ2n) is 10.1. The van der Waals surface area contributed by atoms with Crippen molar-refractivity contribution >= 4 is 61.6 Å². The van der Waals surface area contributed by atoms with Crippen LogP contribution in [0, 0.1) is 0 Å². The molecule has 0 aliphatic carbocycles. The first-order valence-corrected chi connectivity index (χ1v) is 15.9. The Morgan fingerprint density at radius 1 is 0.929 bits per heavy atom. The fourth-order valence-electron chi connectivity index (χ4n) is 5.07. The van der Waals surface area contributed by atoms with E-state index in [0.29, 0.717) is 35.8 Å². The van der Waals surface area contributed by atoms with Crippen LogP contribution in [0.2, 0.25) is 10.0 Å². The van der Waals surface area contributed by atoms with Gasteiger partial charge in [0.1, 0.15) is 6.54 Å². The van der Waals surface area contributed by atoms with E-state index in [9.17, 15) is 18.0 Å². The number of carbonyl (C=O) groups excluding carboxylic acids is 2. The first-order chi connectivity index (χ1) is 20.2. The van der Waals surface area contributed by atoms with Gasteiger partial charge in [-0.05, 0) is 71.1 Å². The van der Waals surface area contributed by atoms with Gasteiger partial charge >= 0.3 is 5.97 Å². The summed E-state index contributed by atoms with van der Waals surface area (Å²) in [7, 11) is -4.28. The zero-order chi connectivity index (χ0) is 29.9. The molecule has 1 amide bonds. The van der Waals surface area contributed by atoms with Crippen LogP contribution >= 0.6 is 23.2 Å². The van der Waals surface area contributed by atoms with Gasteiger partial charge in [0, 0.05) is 28.7 Å². The lowest BCUT2D eigenvalue weighted by Gasteiger charge is -2.29. The first kappa shape index (κ1) is 29.9. The molecule has 0 saturated carbocycles. The molecule has 0 unspecified atom stereocenters. The van der Waals surface area contributed by atoms with Crippen LogP contribution in [0.5, 0.6) is 0 Å². The van der Waals surface area contributed by atoms with Gasteiger partial charge in [-0.25, -0.2) is 8.42 Å². The minimum Gasteiger partial charge on any atom is -0.464 e. The number of anilines is 1. The Hall–Kier alpha value is -3.59. The highest BCUT2D eigenvalue weighted by Crippen LogP contribution is 2.32. The predicted molar refractivity (Wildman–Crippen MR) is 166 cm³/mol. The van der Waals surface area contributed by atoms with Gasteiger partial charge in [0.25, 0.3) is 15.9 Å². The van der Waals surface area contributed by atoms with Gasteiger partial charge < -0.3 is 9.64 Å². The van der Waals surface area contributed by atoms with Crippen LogP contribution in [-0.4, -0.2) is 44.9 Å². The van der Waals surface area contributed by atoms with Gasteiger partial charge in [0.2, 0.25) is 0 Å². The summed E-state index contributed by atoms with van der Waals surface area (Å²) < 4.78 is 34.0. The zero-order valence-electron chi connectivity index (χ0n) is 23.1. The SMILES string of the molecule is CCCCOC(=O)CN(c1ccc2c(C(=O)N3CCc4ccccc4C3)cccc2c1)S(=O)(=O)c1cc(Cl)cc(Cl)c1. The van der Waals surface area contributed by atoms with Crippen molar-refractivity contribution in [3.8, 4) is 0 Å². The van der Waals surface area contributed by atoms with Crippen molar-refractivity contribution < 1.29 is 22.7 Å². The highest BCUT2D eigenvalue weighted by atomic mass is 35.5. The van der Waals surface area contributed by atoms with Crippen molar-refractivity contribution in [2.24, 2.45) is 0 Å². The summed E-state index contributed by atoms with van der Waals surface area (Å²) in [6.07, 6.45) is 2.27. The number of rotatable bonds is 9. The smallest absolute Gasteiger partial charge is 0.326 e. The fraction of sp³-hybridized carbons (Fsp3) is 0.250. The molecule has 218 valence electrons. The lowest BCUT2D eigenvalue weighted by molar-refractivity contribution is -0.141. The maximum absolute atomic E-state index is 13.9. The summed E-state index contributed by atoms with van der Waals surface area (Å²) in [5.74, 6) is -0.782. The molecular formula is C32H30Cl2N2O5S. The lowest BCUT2D eigenvalue weighted by Crippen LogP contribution is -2.37. The topological polar surface area (TPSA) is 84.0 Å². The second kappa shape index (κ2) is 12.7. The van der Waals surface area contributed by atoms with E-state index in [2.05, 4.69) is 6.07 Å². The number of hydrogen-bond donors (Lipinski definition) is 0. The average Bonchev–Trinajstić information content (AvgIpc) is 2.98. The van der Waals surface area contributed by atoms with Crippen LogP contribution in [0.25, 0.3) is 10.8 Å².